The number of aromatic nitrogens is 5. The number of H-pyrrole nitrogens is 1. The Labute approximate surface area is 156 Å². The molecule has 0 radical (unpaired) electrons. The molecule has 8 heteroatoms. The summed E-state index contributed by atoms with van der Waals surface area (Å²) in [6.45, 7) is 3.90. The molecule has 1 aromatic carbocycles. The van der Waals surface area contributed by atoms with Crippen molar-refractivity contribution in [2.45, 2.75) is 32.2 Å². The number of piperidine rings is 1. The van der Waals surface area contributed by atoms with E-state index in [2.05, 4.69) is 15.3 Å². The summed E-state index contributed by atoms with van der Waals surface area (Å²) in [5, 5.41) is 11.0. The van der Waals surface area contributed by atoms with Crippen molar-refractivity contribution in [3.05, 3.63) is 64.6 Å². The smallest absolute Gasteiger partial charge is 0.337 e. The highest BCUT2D eigenvalue weighted by Crippen LogP contribution is 2.28. The Morgan fingerprint density at radius 3 is 2.63 bits per heavy atom. The van der Waals surface area contributed by atoms with Gasteiger partial charge in [-0.1, -0.05) is 18.2 Å². The monoisotopic (exact) mass is 366 g/mol. The Hall–Kier alpha value is -3.16. The summed E-state index contributed by atoms with van der Waals surface area (Å²) in [4.78, 5) is 26.9. The van der Waals surface area contributed by atoms with E-state index >= 15 is 0 Å². The van der Waals surface area contributed by atoms with Crippen LogP contribution in [0.2, 0.25) is 0 Å². The first-order chi connectivity index (χ1) is 13.2. The van der Waals surface area contributed by atoms with E-state index < -0.39 is 0 Å². The summed E-state index contributed by atoms with van der Waals surface area (Å²) in [6, 6.07) is 11.3. The number of nitrogens with zero attached hydrogens (tertiary/aromatic N) is 5. The number of rotatable bonds is 4. The molecule has 1 saturated heterocycles. The minimum atomic E-state index is -0.235. The molecule has 0 saturated carbocycles. The fourth-order valence-corrected chi connectivity index (χ4v) is 3.68. The molecule has 0 bridgehead atoms. The predicted octanol–water partition coefficient (Wildman–Crippen LogP) is 1.80. The fraction of sp³-hybridized carbons (Fsp3) is 0.368. The van der Waals surface area contributed by atoms with Crippen LogP contribution in [0.15, 0.2) is 47.4 Å². The lowest BCUT2D eigenvalue weighted by atomic mass is 9.95. The van der Waals surface area contributed by atoms with Crippen molar-refractivity contribution in [2.75, 3.05) is 13.1 Å². The van der Waals surface area contributed by atoms with Crippen LogP contribution in [-0.2, 0) is 6.54 Å². The number of para-hydroxylation sites is 1. The number of amides is 1. The molecule has 8 nitrogen and oxygen atoms in total. The lowest BCUT2D eigenvalue weighted by Gasteiger charge is -2.31. The highest BCUT2D eigenvalue weighted by atomic mass is 16.2. The average Bonchev–Trinajstić information content (AvgIpc) is 3.34. The maximum Gasteiger partial charge on any atom is 0.347 e. The largest absolute Gasteiger partial charge is 0.347 e. The molecule has 1 amide bonds. The van der Waals surface area contributed by atoms with Crippen molar-refractivity contribution in [2.24, 2.45) is 0 Å². The minimum absolute atomic E-state index is 0.00952. The molecule has 0 unspecified atom stereocenters. The van der Waals surface area contributed by atoms with E-state index in [0.717, 1.165) is 24.4 Å². The van der Waals surface area contributed by atoms with Gasteiger partial charge in [0.2, 0.25) is 0 Å². The van der Waals surface area contributed by atoms with Gasteiger partial charge in [-0.15, -0.1) is 0 Å². The molecule has 140 valence electrons. The number of carbonyl (C=O) groups excluding carboxylic acids is 1. The SMILES string of the molecule is CCn1nccc1C(=O)N1CCC(c2n[nH]c(=O)n2-c2ccccc2)CC1. The predicted molar refractivity (Wildman–Crippen MR) is 100.0 cm³/mol. The molecule has 3 aromatic rings. The van der Waals surface area contributed by atoms with Crippen LogP contribution < -0.4 is 5.69 Å². The van der Waals surface area contributed by atoms with Crippen LogP contribution in [-0.4, -0.2) is 48.4 Å². The Kier molecular flexibility index (Phi) is 4.62. The number of benzene rings is 1. The number of nitrogens with one attached hydrogen (secondary N) is 1. The summed E-state index contributed by atoms with van der Waals surface area (Å²) in [5.74, 6) is 0.872. The Bertz CT molecular complexity index is 979. The summed E-state index contributed by atoms with van der Waals surface area (Å²) in [7, 11) is 0. The number of likely N-dealkylation sites (tertiary alicyclic amines) is 1. The first kappa shape index (κ1) is 17.3. The van der Waals surface area contributed by atoms with Crippen molar-refractivity contribution in [1.82, 2.24) is 29.4 Å². The zero-order chi connectivity index (χ0) is 18.8. The summed E-state index contributed by atoms with van der Waals surface area (Å²) in [6.07, 6.45) is 3.19. The van der Waals surface area contributed by atoms with Gasteiger partial charge >= 0.3 is 5.69 Å². The average molecular weight is 366 g/mol. The highest BCUT2D eigenvalue weighted by molar-refractivity contribution is 5.92. The van der Waals surface area contributed by atoms with Crippen LogP contribution in [0.3, 0.4) is 0 Å². The molecule has 2 aromatic heterocycles. The van der Waals surface area contributed by atoms with Gasteiger partial charge in [0.05, 0.1) is 5.69 Å². The molecule has 27 heavy (non-hydrogen) atoms. The van der Waals surface area contributed by atoms with Gasteiger partial charge in [-0.2, -0.15) is 10.2 Å². The van der Waals surface area contributed by atoms with Crippen molar-refractivity contribution in [3.63, 3.8) is 0 Å². The number of hydrogen-bond acceptors (Lipinski definition) is 4. The van der Waals surface area contributed by atoms with E-state index in [9.17, 15) is 9.59 Å². The van der Waals surface area contributed by atoms with Crippen molar-refractivity contribution < 1.29 is 4.79 Å². The van der Waals surface area contributed by atoms with Gasteiger partial charge in [-0.3, -0.25) is 9.48 Å². The zero-order valence-electron chi connectivity index (χ0n) is 15.2. The molecule has 3 heterocycles. The van der Waals surface area contributed by atoms with E-state index in [-0.39, 0.29) is 17.5 Å². The van der Waals surface area contributed by atoms with Crippen molar-refractivity contribution >= 4 is 5.91 Å². The molecule has 4 rings (SSSR count). The van der Waals surface area contributed by atoms with Gasteiger partial charge in [0, 0.05) is 31.7 Å². The number of aryl methyl sites for hydroxylation is 1. The fourth-order valence-electron chi connectivity index (χ4n) is 3.68. The lowest BCUT2D eigenvalue weighted by molar-refractivity contribution is 0.0698. The van der Waals surface area contributed by atoms with E-state index in [1.807, 2.05) is 42.2 Å². The Balaban J connectivity index is 1.51. The van der Waals surface area contributed by atoms with Crippen LogP contribution in [0.25, 0.3) is 5.69 Å². The topological polar surface area (TPSA) is 88.8 Å². The summed E-state index contributed by atoms with van der Waals surface area (Å²) < 4.78 is 3.35. The van der Waals surface area contributed by atoms with Crippen molar-refractivity contribution in [1.29, 1.82) is 0 Å². The van der Waals surface area contributed by atoms with Gasteiger partial charge in [0.15, 0.2) is 0 Å². The van der Waals surface area contributed by atoms with Crippen LogP contribution in [0, 0.1) is 0 Å². The second kappa shape index (κ2) is 7.22. The second-order valence-electron chi connectivity index (χ2n) is 6.66. The molecule has 1 N–H and O–H groups in total. The van der Waals surface area contributed by atoms with E-state index in [1.165, 1.54) is 0 Å². The van der Waals surface area contributed by atoms with E-state index in [1.54, 1.807) is 21.5 Å². The number of hydrogen-bond donors (Lipinski definition) is 1. The number of aromatic amines is 1. The van der Waals surface area contributed by atoms with Crippen molar-refractivity contribution in [3.8, 4) is 5.69 Å². The summed E-state index contributed by atoms with van der Waals surface area (Å²) in [5.41, 5.74) is 1.19. The molecular weight excluding hydrogens is 344 g/mol. The molecule has 1 aliphatic rings. The maximum absolute atomic E-state index is 12.8. The van der Waals surface area contributed by atoms with E-state index in [4.69, 9.17) is 0 Å². The third-order valence-corrected chi connectivity index (χ3v) is 5.10. The summed E-state index contributed by atoms with van der Waals surface area (Å²) >= 11 is 0. The normalized spacial score (nSPS) is 15.2. The van der Waals surface area contributed by atoms with Gasteiger partial charge in [-0.05, 0) is 38.0 Å². The van der Waals surface area contributed by atoms with Gasteiger partial charge in [0.25, 0.3) is 5.91 Å². The van der Waals surface area contributed by atoms with E-state index in [0.29, 0.717) is 25.3 Å². The van der Waals surface area contributed by atoms with Crippen LogP contribution in [0.5, 0.6) is 0 Å². The first-order valence-corrected chi connectivity index (χ1v) is 9.23. The second-order valence-corrected chi connectivity index (χ2v) is 6.66. The van der Waals surface area contributed by atoms with Crippen LogP contribution in [0.4, 0.5) is 0 Å². The first-order valence-electron chi connectivity index (χ1n) is 9.23. The molecule has 0 atom stereocenters. The Morgan fingerprint density at radius 2 is 1.93 bits per heavy atom. The van der Waals surface area contributed by atoms with Gasteiger partial charge in [-0.25, -0.2) is 14.5 Å². The quantitative estimate of drug-likeness (QED) is 0.762. The third-order valence-electron chi connectivity index (χ3n) is 5.10. The lowest BCUT2D eigenvalue weighted by Crippen LogP contribution is -2.39. The highest BCUT2D eigenvalue weighted by Gasteiger charge is 2.29. The molecule has 1 aliphatic heterocycles. The van der Waals surface area contributed by atoms with Crippen LogP contribution in [0.1, 0.15) is 42.0 Å². The minimum Gasteiger partial charge on any atom is -0.337 e. The zero-order valence-corrected chi connectivity index (χ0v) is 15.2. The molecule has 0 spiro atoms. The molecule has 0 aliphatic carbocycles. The molecule has 1 fully saturated rings. The van der Waals surface area contributed by atoms with Gasteiger partial charge in [0.1, 0.15) is 11.5 Å². The van der Waals surface area contributed by atoms with Crippen LogP contribution >= 0.6 is 0 Å². The Morgan fingerprint density at radius 1 is 1.19 bits per heavy atom. The standard InChI is InChI=1S/C19H22N6O2/c1-2-24-16(8-11-20-24)18(26)23-12-9-14(10-13-23)17-21-22-19(27)25(17)15-6-4-3-5-7-15/h3-8,11,14H,2,9-10,12-13H2,1H3,(H,22,27). The number of carbonyl (C=O) groups is 1. The third kappa shape index (κ3) is 3.18. The molecular formula is C19H22N6O2. The maximum atomic E-state index is 12.8. The van der Waals surface area contributed by atoms with Gasteiger partial charge < -0.3 is 4.90 Å².